The van der Waals surface area contributed by atoms with Crippen LogP contribution in [0.2, 0.25) is 0 Å². The zero-order valence-electron chi connectivity index (χ0n) is 13.4. The maximum atomic E-state index is 10.0. The van der Waals surface area contributed by atoms with E-state index in [0.717, 1.165) is 22.2 Å². The maximum absolute atomic E-state index is 10.0. The minimum Gasteiger partial charge on any atom is -0.506 e. The molecule has 0 aliphatic rings. The number of ether oxygens (including phenoxy) is 1. The molecule has 0 amide bonds. The van der Waals surface area contributed by atoms with Gasteiger partial charge in [0.15, 0.2) is 0 Å². The Morgan fingerprint density at radius 1 is 1.16 bits per heavy atom. The van der Waals surface area contributed by atoms with Gasteiger partial charge in [0, 0.05) is 22.5 Å². The highest BCUT2D eigenvalue weighted by Crippen LogP contribution is 2.33. The number of hydrogen-bond donors (Lipinski definition) is 3. The molecule has 0 aliphatic heterocycles. The lowest BCUT2D eigenvalue weighted by molar-refractivity contribution is 0.420. The highest BCUT2D eigenvalue weighted by Gasteiger charge is 2.11. The third kappa shape index (κ3) is 2.48. The van der Waals surface area contributed by atoms with Crippen LogP contribution in [0.5, 0.6) is 11.5 Å². The van der Waals surface area contributed by atoms with Crippen molar-refractivity contribution in [2.24, 2.45) is 0 Å². The van der Waals surface area contributed by atoms with E-state index in [1.54, 1.807) is 13.2 Å². The van der Waals surface area contributed by atoms with E-state index < -0.39 is 0 Å². The largest absolute Gasteiger partial charge is 0.506 e. The predicted octanol–water partition coefficient (Wildman–Crippen LogP) is 4.05. The SMILES string of the molecule is COc1ccc(Nc2nc3c(O)cc(C#N)cc3[nH]2)c2ccccc12. The fraction of sp³-hybridized carbons (Fsp3) is 0.0526. The average molecular weight is 330 g/mol. The van der Waals surface area contributed by atoms with Crippen LogP contribution in [0.1, 0.15) is 5.56 Å². The standard InChI is InChI=1S/C19H14N4O2/c1-25-17-7-6-14(12-4-2-3-5-13(12)17)21-19-22-15-8-11(10-20)9-16(24)18(15)23-19/h2-9,24H,1H3,(H2,21,22,23). The number of anilines is 2. The highest BCUT2D eigenvalue weighted by molar-refractivity contribution is 5.99. The molecule has 3 N–H and O–H groups in total. The number of aromatic hydroxyl groups is 1. The molecular weight excluding hydrogens is 316 g/mol. The number of aromatic nitrogens is 2. The summed E-state index contributed by atoms with van der Waals surface area (Å²) in [7, 11) is 1.64. The van der Waals surface area contributed by atoms with Crippen molar-refractivity contribution in [3.05, 3.63) is 54.1 Å². The summed E-state index contributed by atoms with van der Waals surface area (Å²) in [5, 5.41) is 24.2. The topological polar surface area (TPSA) is 94.0 Å². The molecule has 1 aromatic heterocycles. The number of imidazole rings is 1. The molecule has 6 nitrogen and oxygen atoms in total. The quantitative estimate of drug-likeness (QED) is 0.527. The summed E-state index contributed by atoms with van der Waals surface area (Å²) in [6.45, 7) is 0. The zero-order valence-corrected chi connectivity index (χ0v) is 13.4. The van der Waals surface area contributed by atoms with Gasteiger partial charge in [-0.15, -0.1) is 0 Å². The minimum atomic E-state index is -0.0297. The van der Waals surface area contributed by atoms with Crippen LogP contribution in [0.25, 0.3) is 21.8 Å². The number of phenols is 1. The van der Waals surface area contributed by atoms with Crippen molar-refractivity contribution in [2.75, 3.05) is 12.4 Å². The smallest absolute Gasteiger partial charge is 0.205 e. The Bertz CT molecular complexity index is 1140. The Kier molecular flexibility index (Phi) is 3.40. The lowest BCUT2D eigenvalue weighted by Gasteiger charge is -2.10. The fourth-order valence-electron chi connectivity index (χ4n) is 2.91. The first-order chi connectivity index (χ1) is 12.2. The fourth-order valence-corrected chi connectivity index (χ4v) is 2.91. The Labute approximate surface area is 143 Å². The molecule has 0 radical (unpaired) electrons. The third-order valence-corrected chi connectivity index (χ3v) is 4.05. The maximum Gasteiger partial charge on any atom is 0.205 e. The second kappa shape index (κ2) is 5.73. The van der Waals surface area contributed by atoms with E-state index in [1.807, 2.05) is 42.5 Å². The van der Waals surface area contributed by atoms with E-state index in [4.69, 9.17) is 10.00 Å². The van der Waals surface area contributed by atoms with Gasteiger partial charge in [-0.05, 0) is 18.2 Å². The van der Waals surface area contributed by atoms with Crippen LogP contribution in [0.3, 0.4) is 0 Å². The summed E-state index contributed by atoms with van der Waals surface area (Å²) in [4.78, 5) is 7.46. The highest BCUT2D eigenvalue weighted by atomic mass is 16.5. The molecule has 0 bridgehead atoms. The molecule has 1 heterocycles. The minimum absolute atomic E-state index is 0.0297. The number of rotatable bonds is 3. The molecule has 25 heavy (non-hydrogen) atoms. The van der Waals surface area contributed by atoms with Crippen LogP contribution in [-0.2, 0) is 0 Å². The van der Waals surface area contributed by atoms with Crippen molar-refractivity contribution in [1.82, 2.24) is 9.97 Å². The summed E-state index contributed by atoms with van der Waals surface area (Å²) in [5.74, 6) is 1.25. The number of aromatic amines is 1. The number of hydrogen-bond acceptors (Lipinski definition) is 5. The van der Waals surface area contributed by atoms with Crippen LogP contribution in [0.4, 0.5) is 11.6 Å². The number of nitriles is 1. The molecule has 0 aliphatic carbocycles. The molecule has 4 rings (SSSR count). The van der Waals surface area contributed by atoms with Crippen molar-refractivity contribution in [3.63, 3.8) is 0 Å². The molecule has 122 valence electrons. The van der Waals surface area contributed by atoms with Crippen LogP contribution in [0, 0.1) is 11.3 Å². The normalized spacial score (nSPS) is 10.7. The molecule has 3 aromatic carbocycles. The van der Waals surface area contributed by atoms with Crippen LogP contribution >= 0.6 is 0 Å². The van der Waals surface area contributed by atoms with E-state index in [1.165, 1.54) is 6.07 Å². The summed E-state index contributed by atoms with van der Waals surface area (Å²) >= 11 is 0. The molecule has 0 spiro atoms. The van der Waals surface area contributed by atoms with Gasteiger partial charge in [0.1, 0.15) is 17.0 Å². The van der Waals surface area contributed by atoms with E-state index >= 15 is 0 Å². The molecule has 0 atom stereocenters. The Morgan fingerprint density at radius 3 is 2.72 bits per heavy atom. The van der Waals surface area contributed by atoms with Crippen molar-refractivity contribution in [1.29, 1.82) is 5.26 Å². The zero-order chi connectivity index (χ0) is 17.4. The third-order valence-electron chi connectivity index (χ3n) is 4.05. The summed E-state index contributed by atoms with van der Waals surface area (Å²) < 4.78 is 5.41. The molecule has 0 saturated heterocycles. The van der Waals surface area contributed by atoms with Crippen LogP contribution < -0.4 is 10.1 Å². The summed E-state index contributed by atoms with van der Waals surface area (Å²) in [6, 6.07) is 16.8. The van der Waals surface area contributed by atoms with E-state index in [2.05, 4.69) is 15.3 Å². The molecule has 0 saturated carbocycles. The molecular formula is C19H14N4O2. The lowest BCUT2D eigenvalue weighted by Crippen LogP contribution is -1.94. The van der Waals surface area contributed by atoms with Crippen molar-refractivity contribution < 1.29 is 9.84 Å². The summed E-state index contributed by atoms with van der Waals surface area (Å²) in [6.07, 6.45) is 0. The van der Waals surface area contributed by atoms with Gasteiger partial charge in [-0.3, -0.25) is 0 Å². The first-order valence-electron chi connectivity index (χ1n) is 7.65. The number of benzene rings is 3. The second-order valence-electron chi connectivity index (χ2n) is 5.57. The van der Waals surface area contributed by atoms with Crippen molar-refractivity contribution in [2.45, 2.75) is 0 Å². The summed E-state index contributed by atoms with van der Waals surface area (Å²) in [5.41, 5.74) is 2.24. The Balaban J connectivity index is 1.81. The van der Waals surface area contributed by atoms with Gasteiger partial charge in [-0.1, -0.05) is 24.3 Å². The predicted molar refractivity (Wildman–Crippen MR) is 96.3 cm³/mol. The molecule has 0 fully saturated rings. The van der Waals surface area contributed by atoms with E-state index in [-0.39, 0.29) is 5.75 Å². The van der Waals surface area contributed by atoms with Crippen molar-refractivity contribution in [3.8, 4) is 17.6 Å². The van der Waals surface area contributed by atoms with Gasteiger partial charge in [-0.2, -0.15) is 5.26 Å². The molecule has 6 heteroatoms. The average Bonchev–Trinajstić information content (AvgIpc) is 3.05. The number of nitrogens with zero attached hydrogens (tertiary/aromatic N) is 2. The van der Waals surface area contributed by atoms with Gasteiger partial charge >= 0.3 is 0 Å². The molecule has 4 aromatic rings. The van der Waals surface area contributed by atoms with E-state index in [9.17, 15) is 5.11 Å². The Hall–Kier alpha value is -3.72. The number of fused-ring (bicyclic) bond motifs is 2. The van der Waals surface area contributed by atoms with E-state index in [0.29, 0.717) is 22.5 Å². The Morgan fingerprint density at radius 2 is 1.96 bits per heavy atom. The first kappa shape index (κ1) is 14.8. The van der Waals surface area contributed by atoms with Crippen molar-refractivity contribution >= 4 is 33.4 Å². The number of phenolic OH excluding ortho intramolecular Hbond substituents is 1. The molecule has 0 unspecified atom stereocenters. The van der Waals surface area contributed by atoms with Crippen LogP contribution in [-0.4, -0.2) is 22.2 Å². The van der Waals surface area contributed by atoms with Gasteiger partial charge in [0.2, 0.25) is 5.95 Å². The van der Waals surface area contributed by atoms with Gasteiger partial charge < -0.3 is 20.1 Å². The first-order valence-corrected chi connectivity index (χ1v) is 7.65. The van der Waals surface area contributed by atoms with Gasteiger partial charge in [0.25, 0.3) is 0 Å². The van der Waals surface area contributed by atoms with Gasteiger partial charge in [0.05, 0.1) is 24.3 Å². The van der Waals surface area contributed by atoms with Crippen LogP contribution in [0.15, 0.2) is 48.5 Å². The monoisotopic (exact) mass is 330 g/mol. The lowest BCUT2D eigenvalue weighted by atomic mass is 10.1. The number of H-pyrrole nitrogens is 1. The second-order valence-corrected chi connectivity index (χ2v) is 5.57. The number of nitrogens with one attached hydrogen (secondary N) is 2. The van der Waals surface area contributed by atoms with Gasteiger partial charge in [-0.25, -0.2) is 4.98 Å². The number of methoxy groups -OCH3 is 1.